The summed E-state index contributed by atoms with van der Waals surface area (Å²) in [6, 6.07) is 13.7. The van der Waals surface area contributed by atoms with Crippen LogP contribution in [0.5, 0.6) is 17.2 Å². The standard InChI is InChI=1S/C33H37Cl2N3O5/c1-20-16-27(34)32(28(35)17-20)43-15-14-41-25-7-4-22(5-8-25)26-18-24-6-9-29(38-24)30(26)33(40)37-19-23-10-11-36-21(2)31(23)42-13-3-12-39/h4-5,7-8,10-11,16-17,24,29,38-39H,3,6,9,12-15,18-19H2,1-2H3,(H,37,40)/t24-,29+/m0/s1. The topological polar surface area (TPSA) is 102 Å². The number of hydrogen-bond donors (Lipinski definition) is 3. The van der Waals surface area contributed by atoms with Crippen LogP contribution in [-0.2, 0) is 11.3 Å². The van der Waals surface area contributed by atoms with Gasteiger partial charge in [0.25, 0.3) is 0 Å². The van der Waals surface area contributed by atoms with Gasteiger partial charge >= 0.3 is 0 Å². The number of hydrogen-bond acceptors (Lipinski definition) is 7. The molecule has 0 aliphatic carbocycles. The van der Waals surface area contributed by atoms with Crippen LogP contribution in [0.2, 0.25) is 10.0 Å². The van der Waals surface area contributed by atoms with E-state index in [-0.39, 0.29) is 18.6 Å². The molecule has 2 aliphatic rings. The molecule has 5 rings (SSSR count). The average Bonchev–Trinajstić information content (AvgIpc) is 3.36. The first-order chi connectivity index (χ1) is 20.8. The summed E-state index contributed by atoms with van der Waals surface area (Å²) < 4.78 is 17.5. The Bertz CT molecular complexity index is 1450. The van der Waals surface area contributed by atoms with Crippen molar-refractivity contribution >= 4 is 34.7 Å². The Morgan fingerprint density at radius 3 is 2.47 bits per heavy atom. The fourth-order valence-electron chi connectivity index (χ4n) is 5.67. The third kappa shape index (κ3) is 7.62. The molecule has 1 saturated heterocycles. The molecule has 8 nitrogen and oxygen atoms in total. The van der Waals surface area contributed by atoms with Gasteiger partial charge in [0.1, 0.15) is 24.7 Å². The number of aryl methyl sites for hydroxylation is 2. The van der Waals surface area contributed by atoms with E-state index in [4.69, 9.17) is 42.5 Å². The number of carbonyl (C=O) groups is 1. The number of aliphatic hydroxyl groups is 1. The first-order valence-corrected chi connectivity index (χ1v) is 15.4. The first-order valence-electron chi connectivity index (χ1n) is 14.6. The van der Waals surface area contributed by atoms with E-state index in [0.29, 0.717) is 66.1 Å². The summed E-state index contributed by atoms with van der Waals surface area (Å²) in [4.78, 5) is 18.0. The molecule has 2 aliphatic heterocycles. The van der Waals surface area contributed by atoms with E-state index in [1.165, 1.54) is 0 Å². The number of halogens is 2. The summed E-state index contributed by atoms with van der Waals surface area (Å²) >= 11 is 12.5. The number of amides is 1. The summed E-state index contributed by atoms with van der Waals surface area (Å²) in [5.41, 5.74) is 5.43. The van der Waals surface area contributed by atoms with Crippen molar-refractivity contribution in [2.75, 3.05) is 26.4 Å². The second-order valence-electron chi connectivity index (χ2n) is 10.9. The van der Waals surface area contributed by atoms with Crippen molar-refractivity contribution in [3.63, 3.8) is 0 Å². The van der Waals surface area contributed by atoms with Crippen molar-refractivity contribution < 1.29 is 24.1 Å². The van der Waals surface area contributed by atoms with E-state index in [1.807, 2.05) is 56.3 Å². The number of ether oxygens (including phenoxy) is 3. The number of carbonyl (C=O) groups excluding carboxylic acids is 1. The van der Waals surface area contributed by atoms with Gasteiger partial charge in [-0.05, 0) is 80.1 Å². The molecule has 3 heterocycles. The molecule has 0 unspecified atom stereocenters. The summed E-state index contributed by atoms with van der Waals surface area (Å²) in [6.45, 7) is 5.17. The van der Waals surface area contributed by atoms with E-state index in [1.54, 1.807) is 6.20 Å². The van der Waals surface area contributed by atoms with Gasteiger partial charge in [-0.2, -0.15) is 0 Å². The number of benzene rings is 2. The Morgan fingerprint density at radius 1 is 1.00 bits per heavy atom. The average molecular weight is 627 g/mol. The lowest BCUT2D eigenvalue weighted by Crippen LogP contribution is -2.41. The lowest BCUT2D eigenvalue weighted by Gasteiger charge is -2.28. The van der Waals surface area contributed by atoms with Gasteiger partial charge in [0.05, 0.1) is 22.3 Å². The fraction of sp³-hybridized carbons (Fsp3) is 0.394. The van der Waals surface area contributed by atoms with Crippen LogP contribution in [0.4, 0.5) is 0 Å². The van der Waals surface area contributed by atoms with Gasteiger partial charge in [-0.1, -0.05) is 35.3 Å². The number of pyridine rings is 1. The summed E-state index contributed by atoms with van der Waals surface area (Å²) in [5, 5.41) is 16.8. The number of rotatable bonds is 13. The van der Waals surface area contributed by atoms with Crippen LogP contribution in [0.1, 0.15) is 48.1 Å². The number of aromatic nitrogens is 1. The van der Waals surface area contributed by atoms with E-state index < -0.39 is 0 Å². The molecule has 0 spiro atoms. The monoisotopic (exact) mass is 625 g/mol. The largest absolute Gasteiger partial charge is 0.491 e. The maximum atomic E-state index is 13.7. The van der Waals surface area contributed by atoms with Gasteiger partial charge in [0.2, 0.25) is 5.91 Å². The Morgan fingerprint density at radius 2 is 1.72 bits per heavy atom. The van der Waals surface area contributed by atoms with Crippen LogP contribution in [-0.4, -0.2) is 54.5 Å². The van der Waals surface area contributed by atoms with Crippen LogP contribution in [0.25, 0.3) is 5.57 Å². The Kier molecular flexibility index (Phi) is 10.5. The minimum Gasteiger partial charge on any atom is -0.491 e. The molecule has 1 aromatic heterocycles. The molecular weight excluding hydrogens is 589 g/mol. The molecular formula is C33H37Cl2N3O5. The smallest absolute Gasteiger partial charge is 0.249 e. The summed E-state index contributed by atoms with van der Waals surface area (Å²) in [7, 11) is 0. The number of fused-ring (bicyclic) bond motifs is 2. The minimum atomic E-state index is -0.0884. The molecule has 10 heteroatoms. The molecule has 228 valence electrons. The van der Waals surface area contributed by atoms with E-state index in [9.17, 15) is 4.79 Å². The summed E-state index contributed by atoms with van der Waals surface area (Å²) in [6.07, 6.45) is 4.99. The Balaban J connectivity index is 1.24. The van der Waals surface area contributed by atoms with Crippen molar-refractivity contribution in [3.8, 4) is 17.2 Å². The van der Waals surface area contributed by atoms with Crippen LogP contribution >= 0.6 is 23.2 Å². The molecule has 1 amide bonds. The highest BCUT2D eigenvalue weighted by Crippen LogP contribution is 2.38. The zero-order valence-corrected chi connectivity index (χ0v) is 25.9. The molecule has 43 heavy (non-hydrogen) atoms. The lowest BCUT2D eigenvalue weighted by atomic mass is 9.89. The van der Waals surface area contributed by atoms with Crippen molar-refractivity contribution in [1.29, 1.82) is 0 Å². The SMILES string of the molecule is Cc1cc(Cl)c(OCCOc2ccc(C3=C(C(=O)NCc4ccnc(C)c4OCCCO)[C@H]4CC[C@@H](C3)N4)cc2)c(Cl)c1. The molecule has 1 fully saturated rings. The quantitative estimate of drug-likeness (QED) is 0.206. The van der Waals surface area contributed by atoms with E-state index in [0.717, 1.165) is 52.8 Å². The van der Waals surface area contributed by atoms with Gasteiger partial charge in [-0.3, -0.25) is 9.78 Å². The second-order valence-corrected chi connectivity index (χ2v) is 11.7. The van der Waals surface area contributed by atoms with Crippen LogP contribution in [0.15, 0.2) is 54.2 Å². The van der Waals surface area contributed by atoms with Crippen molar-refractivity contribution in [2.45, 2.75) is 58.2 Å². The first kappa shape index (κ1) is 31.1. The van der Waals surface area contributed by atoms with Gasteiger partial charge < -0.3 is 30.0 Å². The fourth-order valence-corrected chi connectivity index (χ4v) is 6.38. The highest BCUT2D eigenvalue weighted by atomic mass is 35.5. The second kappa shape index (κ2) is 14.4. The number of nitrogens with one attached hydrogen (secondary N) is 2. The highest BCUT2D eigenvalue weighted by Gasteiger charge is 2.37. The Labute approximate surface area is 262 Å². The zero-order chi connectivity index (χ0) is 30.3. The zero-order valence-electron chi connectivity index (χ0n) is 24.4. The highest BCUT2D eigenvalue weighted by molar-refractivity contribution is 6.37. The normalized spacial score (nSPS) is 17.6. The van der Waals surface area contributed by atoms with E-state index in [2.05, 4.69) is 15.6 Å². The lowest BCUT2D eigenvalue weighted by molar-refractivity contribution is -0.118. The maximum absolute atomic E-state index is 13.7. The van der Waals surface area contributed by atoms with Crippen molar-refractivity contribution in [1.82, 2.24) is 15.6 Å². The molecule has 2 bridgehead atoms. The molecule has 2 aromatic carbocycles. The van der Waals surface area contributed by atoms with Gasteiger partial charge in [-0.15, -0.1) is 0 Å². The van der Waals surface area contributed by atoms with Crippen molar-refractivity contribution in [3.05, 3.63) is 86.7 Å². The molecule has 2 atom stereocenters. The van der Waals surface area contributed by atoms with E-state index >= 15 is 0 Å². The predicted molar refractivity (Wildman–Crippen MR) is 168 cm³/mol. The minimum absolute atomic E-state index is 0.0155. The molecule has 0 radical (unpaired) electrons. The predicted octanol–water partition coefficient (Wildman–Crippen LogP) is 5.82. The van der Waals surface area contributed by atoms with Crippen molar-refractivity contribution in [2.24, 2.45) is 0 Å². The van der Waals surface area contributed by atoms with Gasteiger partial charge in [0, 0.05) is 49.0 Å². The third-order valence-electron chi connectivity index (χ3n) is 7.71. The number of nitrogens with zero attached hydrogens (tertiary/aromatic N) is 1. The summed E-state index contributed by atoms with van der Waals surface area (Å²) in [5.74, 6) is 1.73. The van der Waals surface area contributed by atoms with Gasteiger partial charge in [0.15, 0.2) is 5.75 Å². The molecule has 3 aromatic rings. The van der Waals surface area contributed by atoms with Crippen LogP contribution in [0.3, 0.4) is 0 Å². The van der Waals surface area contributed by atoms with Gasteiger partial charge in [-0.25, -0.2) is 0 Å². The maximum Gasteiger partial charge on any atom is 0.249 e. The Hall–Kier alpha value is -3.30. The van der Waals surface area contributed by atoms with Crippen LogP contribution < -0.4 is 24.8 Å². The van der Waals surface area contributed by atoms with Crippen LogP contribution in [0, 0.1) is 13.8 Å². The number of aliphatic hydroxyl groups excluding tert-OH is 1. The molecule has 3 N–H and O–H groups in total. The molecule has 0 saturated carbocycles. The third-order valence-corrected chi connectivity index (χ3v) is 8.27.